The van der Waals surface area contributed by atoms with Gasteiger partial charge in [-0.1, -0.05) is 17.7 Å². The van der Waals surface area contributed by atoms with E-state index < -0.39 is 18.3 Å². The first-order valence-electron chi connectivity index (χ1n) is 7.74. The van der Waals surface area contributed by atoms with E-state index in [9.17, 15) is 4.79 Å². The average molecular weight is 352 g/mol. The Labute approximate surface area is 147 Å². The molecule has 1 amide bonds. The molecule has 2 heterocycles. The molecule has 1 saturated heterocycles. The van der Waals surface area contributed by atoms with Gasteiger partial charge in [0.15, 0.2) is 0 Å². The topological polar surface area (TPSA) is 86.5 Å². The number of carbonyl (C=O) groups is 1. The normalized spacial score (nSPS) is 19.4. The highest BCUT2D eigenvalue weighted by molar-refractivity contribution is 6.56. The molecule has 0 bridgehead atoms. The predicted molar refractivity (Wildman–Crippen MR) is 96.4 cm³/mol. The molecule has 3 N–H and O–H groups in total. The van der Waals surface area contributed by atoms with Gasteiger partial charge in [0.2, 0.25) is 5.91 Å². The fourth-order valence-electron chi connectivity index (χ4n) is 2.21. The highest BCUT2D eigenvalue weighted by Gasteiger charge is 2.52. The van der Waals surface area contributed by atoms with Gasteiger partial charge in [0, 0.05) is 30.9 Å². The maximum atomic E-state index is 11.3. The van der Waals surface area contributed by atoms with Crippen molar-refractivity contribution >= 4 is 36.4 Å². The molecule has 1 aliphatic heterocycles. The molecular formula is C16H23BClN3O3. The first-order valence-corrected chi connectivity index (χ1v) is 8.12. The first kappa shape index (κ1) is 18.8. The number of halogens is 1. The Morgan fingerprint density at radius 1 is 1.38 bits per heavy atom. The number of aromatic nitrogens is 1. The maximum absolute atomic E-state index is 11.3. The van der Waals surface area contributed by atoms with E-state index in [4.69, 9.17) is 26.6 Å². The monoisotopic (exact) mass is 351 g/mol. The lowest BCUT2D eigenvalue weighted by Gasteiger charge is -2.32. The summed E-state index contributed by atoms with van der Waals surface area (Å²) in [5, 5.41) is 3.05. The van der Waals surface area contributed by atoms with Crippen molar-refractivity contribution in [3.05, 3.63) is 28.5 Å². The summed E-state index contributed by atoms with van der Waals surface area (Å²) in [6, 6.07) is 1.66. The van der Waals surface area contributed by atoms with Gasteiger partial charge < -0.3 is 20.4 Å². The second kappa shape index (κ2) is 6.74. The molecule has 2 rings (SSSR count). The highest BCUT2D eigenvalue weighted by atomic mass is 35.5. The van der Waals surface area contributed by atoms with Crippen LogP contribution in [0.4, 0.5) is 5.69 Å². The number of amides is 1. The Bertz CT molecular complexity index is 640. The zero-order valence-corrected chi connectivity index (χ0v) is 15.4. The van der Waals surface area contributed by atoms with Gasteiger partial charge in [0.1, 0.15) is 5.15 Å². The molecule has 0 radical (unpaired) electrons. The van der Waals surface area contributed by atoms with Gasteiger partial charge in [0.05, 0.1) is 11.2 Å². The van der Waals surface area contributed by atoms with Crippen LogP contribution in [0.2, 0.25) is 5.15 Å². The Kier molecular flexibility index (Phi) is 5.27. The van der Waals surface area contributed by atoms with E-state index in [0.717, 1.165) is 0 Å². The van der Waals surface area contributed by atoms with Crippen molar-refractivity contribution < 1.29 is 14.1 Å². The lowest BCUT2D eigenvalue weighted by atomic mass is 9.77. The number of hydrogen-bond donors (Lipinski definition) is 2. The first-order chi connectivity index (χ1) is 11.0. The Balaban J connectivity index is 2.39. The number of nitrogen functional groups attached to an aromatic ring is 1. The molecule has 0 unspecified atom stereocenters. The van der Waals surface area contributed by atoms with Crippen molar-refractivity contribution in [3.63, 3.8) is 0 Å². The van der Waals surface area contributed by atoms with Crippen LogP contribution in [-0.2, 0) is 14.1 Å². The smallest absolute Gasteiger partial charge is 0.400 e. The zero-order valence-electron chi connectivity index (χ0n) is 14.6. The molecule has 0 aromatic carbocycles. The van der Waals surface area contributed by atoms with E-state index in [2.05, 4.69) is 10.3 Å². The van der Waals surface area contributed by atoms with Crippen molar-refractivity contribution in [2.45, 2.75) is 45.8 Å². The van der Waals surface area contributed by atoms with Crippen LogP contribution in [0.15, 0.2) is 17.7 Å². The second-order valence-electron chi connectivity index (χ2n) is 6.82. The van der Waals surface area contributed by atoms with Crippen LogP contribution in [0, 0.1) is 0 Å². The molecule has 0 spiro atoms. The summed E-state index contributed by atoms with van der Waals surface area (Å²) >= 11 is 6.15. The van der Waals surface area contributed by atoms with Crippen molar-refractivity contribution in [1.29, 1.82) is 0 Å². The lowest BCUT2D eigenvalue weighted by Crippen LogP contribution is -2.41. The third-order valence-electron chi connectivity index (χ3n) is 4.40. The molecule has 1 fully saturated rings. The molecule has 0 saturated carbocycles. The number of carbonyl (C=O) groups excluding carboxylic acids is 1. The Morgan fingerprint density at radius 3 is 2.46 bits per heavy atom. The summed E-state index contributed by atoms with van der Waals surface area (Å²) < 4.78 is 12.1. The molecule has 130 valence electrons. The molecular weight excluding hydrogens is 328 g/mol. The minimum Gasteiger partial charge on any atom is -0.400 e. The molecule has 0 atom stereocenters. The van der Waals surface area contributed by atoms with Gasteiger partial charge in [-0.2, -0.15) is 0 Å². The molecule has 1 aromatic heterocycles. The van der Waals surface area contributed by atoms with E-state index in [-0.39, 0.29) is 17.6 Å². The van der Waals surface area contributed by atoms with E-state index in [1.807, 2.05) is 27.7 Å². The molecule has 8 heteroatoms. The number of hydrogen-bond acceptors (Lipinski definition) is 5. The fourth-order valence-corrected chi connectivity index (χ4v) is 2.43. The van der Waals surface area contributed by atoms with Gasteiger partial charge in [-0.15, -0.1) is 0 Å². The van der Waals surface area contributed by atoms with Crippen LogP contribution in [-0.4, -0.2) is 35.8 Å². The number of anilines is 1. The average Bonchev–Trinajstić information content (AvgIpc) is 2.65. The van der Waals surface area contributed by atoms with Crippen LogP contribution in [0.1, 0.15) is 40.2 Å². The van der Waals surface area contributed by atoms with Gasteiger partial charge >= 0.3 is 7.12 Å². The van der Waals surface area contributed by atoms with Crippen LogP contribution in [0.5, 0.6) is 0 Å². The third-order valence-corrected chi connectivity index (χ3v) is 4.70. The van der Waals surface area contributed by atoms with Crippen molar-refractivity contribution in [3.8, 4) is 0 Å². The largest absolute Gasteiger partial charge is 0.492 e. The van der Waals surface area contributed by atoms with Crippen molar-refractivity contribution in [2.24, 2.45) is 0 Å². The van der Waals surface area contributed by atoms with Gasteiger partial charge in [0.25, 0.3) is 0 Å². The summed E-state index contributed by atoms with van der Waals surface area (Å²) in [7, 11) is -0.613. The second-order valence-corrected chi connectivity index (χ2v) is 7.18. The van der Waals surface area contributed by atoms with Crippen LogP contribution >= 0.6 is 11.6 Å². The summed E-state index contributed by atoms with van der Waals surface area (Å²) in [4.78, 5) is 15.4. The van der Waals surface area contributed by atoms with E-state index in [1.54, 1.807) is 12.1 Å². The number of nitrogens with zero attached hydrogens (tertiary/aromatic N) is 1. The summed E-state index contributed by atoms with van der Waals surface area (Å²) in [5.74, 6) is -0.150. The third kappa shape index (κ3) is 3.91. The minimum atomic E-state index is -0.613. The Morgan fingerprint density at radius 2 is 1.96 bits per heavy atom. The number of nitrogens with one attached hydrogen (secondary N) is 1. The van der Waals surface area contributed by atoms with Crippen LogP contribution in [0.25, 0.3) is 6.08 Å². The molecule has 1 aromatic rings. The maximum Gasteiger partial charge on any atom is 0.492 e. The Hall–Kier alpha value is -1.57. The number of rotatable bonds is 4. The molecule has 24 heavy (non-hydrogen) atoms. The molecule has 1 aliphatic rings. The number of nitrogens with two attached hydrogens (primary N) is 1. The quantitative estimate of drug-likeness (QED) is 0.643. The highest BCUT2D eigenvalue weighted by Crippen LogP contribution is 2.39. The summed E-state index contributed by atoms with van der Waals surface area (Å²) in [5.41, 5.74) is 6.80. The van der Waals surface area contributed by atoms with Gasteiger partial charge in [-0.05, 0) is 39.2 Å². The SMILES string of the molecule is CC(=O)NCC(=Cc1c(N)ccnc1Cl)B1OC(C)(C)C(C)(C)O1. The minimum absolute atomic E-state index is 0.150. The van der Waals surface area contributed by atoms with Gasteiger partial charge in [-0.3, -0.25) is 4.79 Å². The van der Waals surface area contributed by atoms with E-state index >= 15 is 0 Å². The molecule has 0 aliphatic carbocycles. The number of pyridine rings is 1. The summed E-state index contributed by atoms with van der Waals surface area (Å²) in [6.45, 7) is 9.58. The lowest BCUT2D eigenvalue weighted by molar-refractivity contribution is -0.118. The van der Waals surface area contributed by atoms with Gasteiger partial charge in [-0.25, -0.2) is 4.98 Å². The van der Waals surface area contributed by atoms with Crippen molar-refractivity contribution in [1.82, 2.24) is 10.3 Å². The zero-order chi connectivity index (χ0) is 18.1. The van der Waals surface area contributed by atoms with E-state index in [0.29, 0.717) is 16.7 Å². The predicted octanol–water partition coefficient (Wildman–Crippen LogP) is 2.47. The molecule has 6 nitrogen and oxygen atoms in total. The van der Waals surface area contributed by atoms with Crippen LogP contribution in [0.3, 0.4) is 0 Å². The fraction of sp³-hybridized carbons (Fsp3) is 0.500. The van der Waals surface area contributed by atoms with E-state index in [1.165, 1.54) is 13.1 Å². The van der Waals surface area contributed by atoms with Crippen molar-refractivity contribution in [2.75, 3.05) is 12.3 Å². The standard InChI is InChI=1S/C16H23BClN3O3/c1-10(22)21-9-11(8-12-13(19)6-7-20-14(12)18)17-23-15(2,3)16(4,5)24-17/h6-8H,9H2,1-5H3,(H2,19,20)(H,21,22). The van der Waals surface area contributed by atoms with Crippen LogP contribution < -0.4 is 11.1 Å². The summed E-state index contributed by atoms with van der Waals surface area (Å²) in [6.07, 6.45) is 3.31.